The number of hydrogen-bond acceptors (Lipinski definition) is 4. The molecule has 0 spiro atoms. The molecule has 0 fully saturated rings. The highest BCUT2D eigenvalue weighted by Gasteiger charge is 2.50. The van der Waals surface area contributed by atoms with Gasteiger partial charge in [-0.2, -0.15) is 0 Å². The third-order valence-electron chi connectivity index (χ3n) is 7.03. The second kappa shape index (κ2) is 17.6. The van der Waals surface area contributed by atoms with E-state index < -0.39 is 40.5 Å². The molecule has 2 N–H and O–H groups in total. The van der Waals surface area contributed by atoms with Crippen LogP contribution in [-0.4, -0.2) is 57.3 Å². The van der Waals surface area contributed by atoms with Crippen molar-refractivity contribution in [1.29, 1.82) is 0 Å². The molecule has 7 nitrogen and oxygen atoms in total. The summed E-state index contributed by atoms with van der Waals surface area (Å²) < 4.78 is -0.542. The zero-order valence-corrected chi connectivity index (χ0v) is 21.3. The van der Waals surface area contributed by atoms with Crippen LogP contribution in [0.25, 0.3) is 0 Å². The van der Waals surface area contributed by atoms with Gasteiger partial charge >= 0.3 is 11.9 Å². The molecule has 0 aromatic carbocycles. The molecule has 0 aromatic heterocycles. The lowest BCUT2D eigenvalue weighted by Gasteiger charge is -2.49. The van der Waals surface area contributed by atoms with E-state index in [1.54, 1.807) is 0 Å². The van der Waals surface area contributed by atoms with E-state index in [0.29, 0.717) is 6.42 Å². The van der Waals surface area contributed by atoms with Gasteiger partial charge in [-0.3, -0.25) is 4.48 Å². The fraction of sp³-hybridized carbons (Fsp3) is 0.808. The van der Waals surface area contributed by atoms with Crippen LogP contribution in [0.15, 0.2) is 12.2 Å². The number of allylic oxidation sites excluding steroid dienone is 2. The molecule has 0 bridgehead atoms. The minimum Gasteiger partial charge on any atom is -0.544 e. The molecule has 0 saturated heterocycles. The van der Waals surface area contributed by atoms with E-state index in [1.807, 2.05) is 0 Å². The van der Waals surface area contributed by atoms with Crippen LogP contribution < -0.4 is 5.11 Å². The summed E-state index contributed by atoms with van der Waals surface area (Å²) in [5.41, 5.74) is 0. The van der Waals surface area contributed by atoms with Crippen LogP contribution in [0.2, 0.25) is 0 Å². The van der Waals surface area contributed by atoms with Crippen LogP contribution in [0.5, 0.6) is 0 Å². The summed E-state index contributed by atoms with van der Waals surface area (Å²) in [6.45, 7) is 6.53. The van der Waals surface area contributed by atoms with Crippen molar-refractivity contribution in [2.24, 2.45) is 0 Å². The minimum atomic E-state index is -1.42. The topological polar surface area (TPSA) is 115 Å². The lowest BCUT2D eigenvalue weighted by atomic mass is 10.00. The van der Waals surface area contributed by atoms with Crippen LogP contribution in [0, 0.1) is 0 Å². The first-order valence-electron chi connectivity index (χ1n) is 12.8. The second-order valence-corrected chi connectivity index (χ2v) is 9.33. The predicted molar refractivity (Wildman–Crippen MR) is 129 cm³/mol. The van der Waals surface area contributed by atoms with Gasteiger partial charge in [0.1, 0.15) is 6.04 Å². The summed E-state index contributed by atoms with van der Waals surface area (Å²) in [6, 6.07) is -3.56. The van der Waals surface area contributed by atoms with Crippen LogP contribution >= 0.6 is 0 Å². The van der Waals surface area contributed by atoms with Gasteiger partial charge in [0, 0.05) is 0 Å². The maximum atomic E-state index is 11.7. The summed E-state index contributed by atoms with van der Waals surface area (Å²) in [7, 11) is 0. The maximum absolute atomic E-state index is 11.7. The Bertz CT molecular complexity index is 553. The number of carboxylic acid groups (broad SMARTS) is 3. The quantitative estimate of drug-likeness (QED) is 0.145. The minimum absolute atomic E-state index is 0.182. The monoisotopic (exact) mass is 469 g/mol. The average molecular weight is 470 g/mol. The third-order valence-corrected chi connectivity index (χ3v) is 7.03. The number of carbonyl (C=O) groups is 3. The molecule has 0 rings (SSSR count). The molecule has 0 aliphatic carbocycles. The predicted octanol–water partition coefficient (Wildman–Crippen LogP) is 4.54. The van der Waals surface area contributed by atoms with Gasteiger partial charge in [0.05, 0.1) is 12.5 Å². The number of nitrogens with zero attached hydrogens (tertiary/aromatic N) is 1. The van der Waals surface area contributed by atoms with Crippen molar-refractivity contribution in [2.45, 2.75) is 129 Å². The Hall–Kier alpha value is -1.89. The molecule has 33 heavy (non-hydrogen) atoms. The average Bonchev–Trinajstić information content (AvgIpc) is 2.77. The van der Waals surface area contributed by atoms with Crippen molar-refractivity contribution in [3.05, 3.63) is 12.2 Å². The number of rotatable bonds is 21. The molecule has 0 aliphatic heterocycles. The van der Waals surface area contributed by atoms with Crippen molar-refractivity contribution in [3.63, 3.8) is 0 Å². The Morgan fingerprint density at radius 2 is 1.09 bits per heavy atom. The van der Waals surface area contributed by atoms with Gasteiger partial charge in [0.25, 0.3) is 0 Å². The molecule has 0 aliphatic rings. The first-order valence-corrected chi connectivity index (χ1v) is 12.8. The van der Waals surface area contributed by atoms with E-state index in [1.165, 1.54) is 65.7 Å². The largest absolute Gasteiger partial charge is 0.544 e. The lowest BCUT2D eigenvalue weighted by Crippen LogP contribution is -2.72. The molecule has 0 heterocycles. The lowest BCUT2D eigenvalue weighted by molar-refractivity contribution is -0.969. The highest BCUT2D eigenvalue weighted by molar-refractivity contribution is 5.76. The van der Waals surface area contributed by atoms with Gasteiger partial charge in [0.2, 0.25) is 0 Å². The van der Waals surface area contributed by atoms with Crippen LogP contribution in [0.3, 0.4) is 0 Å². The normalized spacial score (nSPS) is 16.2. The zero-order valence-electron chi connectivity index (χ0n) is 21.3. The molecule has 192 valence electrons. The fourth-order valence-electron chi connectivity index (χ4n) is 4.64. The van der Waals surface area contributed by atoms with Crippen LogP contribution in [0.4, 0.5) is 0 Å². The van der Waals surface area contributed by atoms with E-state index in [9.17, 15) is 29.7 Å². The van der Waals surface area contributed by atoms with Gasteiger partial charge in [-0.15, -0.1) is 0 Å². The molecule has 0 radical (unpaired) electrons. The molecular weight excluding hydrogens is 422 g/mol. The van der Waals surface area contributed by atoms with Gasteiger partial charge in [-0.05, 0) is 52.9 Å². The maximum Gasteiger partial charge on any atom is 0.362 e. The number of hydrogen-bond donors (Lipinski definition) is 2. The number of quaternary nitrogens is 1. The molecular formula is C26H47NO6. The van der Waals surface area contributed by atoms with Crippen molar-refractivity contribution in [2.75, 3.05) is 6.54 Å². The smallest absolute Gasteiger partial charge is 0.362 e. The number of unbranched alkanes of at least 4 members (excludes halogenated alkanes) is 11. The summed E-state index contributed by atoms with van der Waals surface area (Å²) in [6.07, 6.45) is 19.0. The highest BCUT2D eigenvalue weighted by Crippen LogP contribution is 2.27. The first-order chi connectivity index (χ1) is 15.6. The van der Waals surface area contributed by atoms with Crippen molar-refractivity contribution in [3.8, 4) is 0 Å². The number of carboxylic acids is 3. The fourth-order valence-corrected chi connectivity index (χ4v) is 4.64. The van der Waals surface area contributed by atoms with Crippen LogP contribution in [-0.2, 0) is 14.4 Å². The first kappa shape index (κ1) is 31.1. The standard InChI is InChI=1S/C26H47NO6/c1-5-6-7-8-9-10-11-12-13-14-15-16-17-18-19-20-27(21(2)24(28)29,22(3)25(30)31)23(4)26(32)33/h8-9,21-23H,5-7,10-20H2,1-4H3,(H2-,28,29,30,31,32,33)/b9-8+. The van der Waals surface area contributed by atoms with Crippen LogP contribution in [0.1, 0.15) is 111 Å². The number of aliphatic carboxylic acids is 3. The van der Waals surface area contributed by atoms with Crippen molar-refractivity contribution >= 4 is 17.9 Å². The van der Waals surface area contributed by atoms with Gasteiger partial charge in [-0.1, -0.05) is 70.4 Å². The second-order valence-electron chi connectivity index (χ2n) is 9.33. The van der Waals surface area contributed by atoms with Crippen molar-refractivity contribution < 1.29 is 34.2 Å². The zero-order chi connectivity index (χ0) is 25.3. The summed E-state index contributed by atoms with van der Waals surface area (Å²) in [5.74, 6) is -3.83. The Morgan fingerprint density at radius 1 is 0.697 bits per heavy atom. The molecule has 0 amide bonds. The SMILES string of the molecule is CCCC/C=C/CCCCCCCCCCC[N+](C(C)C(=O)[O-])(C(C)C(=O)O)C(C)C(=O)O. The van der Waals surface area contributed by atoms with E-state index in [4.69, 9.17) is 0 Å². The summed E-state index contributed by atoms with van der Waals surface area (Å²) in [5, 5.41) is 30.8. The molecule has 0 aromatic rings. The highest BCUT2D eigenvalue weighted by atomic mass is 16.4. The molecule has 7 heteroatoms. The Balaban J connectivity index is 4.42. The number of carbonyl (C=O) groups excluding carboxylic acids is 1. The third kappa shape index (κ3) is 11.2. The van der Waals surface area contributed by atoms with Gasteiger partial charge in [-0.25, -0.2) is 9.59 Å². The molecule has 3 unspecified atom stereocenters. The van der Waals surface area contributed by atoms with Crippen molar-refractivity contribution in [1.82, 2.24) is 0 Å². The van der Waals surface area contributed by atoms with E-state index in [-0.39, 0.29) is 6.54 Å². The molecule has 3 atom stereocenters. The Kier molecular flexibility index (Phi) is 16.6. The van der Waals surface area contributed by atoms with Gasteiger partial charge < -0.3 is 20.1 Å². The van der Waals surface area contributed by atoms with E-state index in [0.717, 1.165) is 32.1 Å². The Morgan fingerprint density at radius 3 is 1.48 bits per heavy atom. The molecule has 0 saturated carbocycles. The summed E-state index contributed by atoms with van der Waals surface area (Å²) >= 11 is 0. The van der Waals surface area contributed by atoms with E-state index >= 15 is 0 Å². The Labute approximate surface area is 200 Å². The van der Waals surface area contributed by atoms with Gasteiger partial charge in [0.15, 0.2) is 12.1 Å². The summed E-state index contributed by atoms with van der Waals surface area (Å²) in [4.78, 5) is 35.1. The van der Waals surface area contributed by atoms with E-state index in [2.05, 4.69) is 19.1 Å².